The molecule has 0 aliphatic rings. The lowest BCUT2D eigenvalue weighted by molar-refractivity contribution is -0.137. The highest BCUT2D eigenvalue weighted by Gasteiger charge is 2.34. The van der Waals surface area contributed by atoms with Gasteiger partial charge in [-0.3, -0.25) is 4.79 Å². The third kappa shape index (κ3) is 4.56. The van der Waals surface area contributed by atoms with Crippen molar-refractivity contribution in [1.82, 2.24) is 0 Å². The van der Waals surface area contributed by atoms with Crippen LogP contribution in [0.25, 0.3) is 0 Å². The molecule has 138 valence electrons. The summed E-state index contributed by atoms with van der Waals surface area (Å²) in [6.07, 6.45) is -6.16. The van der Waals surface area contributed by atoms with Gasteiger partial charge in [-0.1, -0.05) is 12.1 Å². The Hall–Kier alpha value is -2.97. The first-order valence-corrected chi connectivity index (χ1v) is 7.22. The molecule has 0 spiro atoms. The second kappa shape index (κ2) is 7.51. The zero-order valence-electron chi connectivity index (χ0n) is 13.2. The summed E-state index contributed by atoms with van der Waals surface area (Å²) in [7, 11) is 0. The van der Waals surface area contributed by atoms with E-state index in [0.29, 0.717) is 12.1 Å². The predicted octanol–water partition coefficient (Wildman–Crippen LogP) is 4.17. The third-order valence-electron chi connectivity index (χ3n) is 3.30. The van der Waals surface area contributed by atoms with Crippen molar-refractivity contribution < 1.29 is 36.3 Å². The number of alkyl halides is 3. The summed E-state index contributed by atoms with van der Waals surface area (Å²) >= 11 is 0. The van der Waals surface area contributed by atoms with Crippen molar-refractivity contribution in [3.8, 4) is 0 Å². The Balaban J connectivity index is 2.09. The number of halogens is 5. The largest absolute Gasteiger partial charge is 0.449 e. The van der Waals surface area contributed by atoms with E-state index in [1.54, 1.807) is 0 Å². The first kappa shape index (κ1) is 19.4. The van der Waals surface area contributed by atoms with Crippen LogP contribution < -0.4 is 5.32 Å². The molecule has 1 amide bonds. The molecule has 0 bridgehead atoms. The van der Waals surface area contributed by atoms with Crippen LogP contribution in [0.5, 0.6) is 0 Å². The fourth-order valence-corrected chi connectivity index (χ4v) is 1.98. The van der Waals surface area contributed by atoms with Crippen LogP contribution in [-0.4, -0.2) is 18.0 Å². The van der Waals surface area contributed by atoms with E-state index in [1.165, 1.54) is 6.07 Å². The summed E-state index contributed by atoms with van der Waals surface area (Å²) in [6, 6.07) is 6.52. The fourth-order valence-electron chi connectivity index (χ4n) is 1.98. The van der Waals surface area contributed by atoms with Gasteiger partial charge in [-0.05, 0) is 37.3 Å². The van der Waals surface area contributed by atoms with E-state index < -0.39 is 47.0 Å². The molecule has 9 heteroatoms. The number of rotatable bonds is 4. The Labute approximate surface area is 144 Å². The van der Waals surface area contributed by atoms with Crippen LogP contribution >= 0.6 is 0 Å². The van der Waals surface area contributed by atoms with Crippen LogP contribution in [0.2, 0.25) is 0 Å². The molecule has 1 atom stereocenters. The summed E-state index contributed by atoms with van der Waals surface area (Å²) in [4.78, 5) is 23.8. The minimum Gasteiger partial charge on any atom is -0.449 e. The molecule has 2 aromatic carbocycles. The lowest BCUT2D eigenvalue weighted by atomic mass is 10.1. The molecular formula is C17H12F5NO3. The zero-order chi connectivity index (χ0) is 19.5. The molecule has 2 rings (SSSR count). The maximum atomic E-state index is 13.1. The lowest BCUT2D eigenvalue weighted by Gasteiger charge is -2.16. The van der Waals surface area contributed by atoms with Crippen molar-refractivity contribution in [3.63, 3.8) is 0 Å². The molecule has 1 unspecified atom stereocenters. The minimum atomic E-state index is -4.69. The number of amides is 1. The number of para-hydroxylation sites is 1. The zero-order valence-corrected chi connectivity index (χ0v) is 13.2. The standard InChI is InChI=1S/C17H12F5NO3/c1-9(26-16(25)10-6-7-12(18)13(19)8-10)15(24)23-14-5-3-2-4-11(14)17(20,21)22/h2-9H,1H3,(H,23,24). The molecule has 0 fully saturated rings. The van der Waals surface area contributed by atoms with Gasteiger partial charge in [0, 0.05) is 0 Å². The Bertz CT molecular complexity index is 835. The molecule has 0 aromatic heterocycles. The highest BCUT2D eigenvalue weighted by atomic mass is 19.4. The van der Waals surface area contributed by atoms with E-state index in [9.17, 15) is 31.5 Å². The minimum absolute atomic E-state index is 0.348. The van der Waals surface area contributed by atoms with Crippen molar-refractivity contribution in [2.45, 2.75) is 19.2 Å². The van der Waals surface area contributed by atoms with Crippen molar-refractivity contribution in [2.24, 2.45) is 0 Å². The second-order valence-corrected chi connectivity index (χ2v) is 5.21. The van der Waals surface area contributed by atoms with Crippen molar-refractivity contribution >= 4 is 17.6 Å². The number of carbonyl (C=O) groups is 2. The Morgan fingerprint density at radius 2 is 1.69 bits per heavy atom. The van der Waals surface area contributed by atoms with Crippen molar-refractivity contribution in [1.29, 1.82) is 0 Å². The van der Waals surface area contributed by atoms with E-state index in [4.69, 9.17) is 4.74 Å². The van der Waals surface area contributed by atoms with Gasteiger partial charge in [0.05, 0.1) is 16.8 Å². The summed E-state index contributed by atoms with van der Waals surface area (Å²) in [5.74, 6) is -4.60. The molecule has 0 radical (unpaired) electrons. The number of hydrogen-bond donors (Lipinski definition) is 1. The molecule has 0 aliphatic carbocycles. The monoisotopic (exact) mass is 373 g/mol. The fraction of sp³-hybridized carbons (Fsp3) is 0.176. The van der Waals surface area contributed by atoms with Crippen LogP contribution in [0, 0.1) is 11.6 Å². The quantitative estimate of drug-likeness (QED) is 0.647. The van der Waals surface area contributed by atoms with Crippen LogP contribution in [0.3, 0.4) is 0 Å². The molecule has 0 saturated carbocycles. The van der Waals surface area contributed by atoms with Gasteiger partial charge in [0.2, 0.25) is 0 Å². The van der Waals surface area contributed by atoms with Gasteiger partial charge in [0.15, 0.2) is 17.7 Å². The molecule has 0 saturated heterocycles. The summed E-state index contributed by atoms with van der Waals surface area (Å²) < 4.78 is 69.4. The van der Waals surface area contributed by atoms with E-state index in [-0.39, 0.29) is 5.56 Å². The number of nitrogens with one attached hydrogen (secondary N) is 1. The van der Waals surface area contributed by atoms with Gasteiger partial charge in [0.25, 0.3) is 5.91 Å². The smallest absolute Gasteiger partial charge is 0.418 e. The van der Waals surface area contributed by atoms with Gasteiger partial charge in [0.1, 0.15) is 0 Å². The maximum Gasteiger partial charge on any atom is 0.418 e. The number of anilines is 1. The van der Waals surface area contributed by atoms with E-state index >= 15 is 0 Å². The molecule has 2 aromatic rings. The van der Waals surface area contributed by atoms with Gasteiger partial charge in [-0.15, -0.1) is 0 Å². The Kier molecular flexibility index (Phi) is 5.59. The van der Waals surface area contributed by atoms with Gasteiger partial charge >= 0.3 is 12.1 Å². The molecule has 0 heterocycles. The van der Waals surface area contributed by atoms with Crippen LogP contribution in [0.15, 0.2) is 42.5 Å². The highest BCUT2D eigenvalue weighted by Crippen LogP contribution is 2.34. The topological polar surface area (TPSA) is 55.4 Å². The van der Waals surface area contributed by atoms with Gasteiger partial charge in [-0.25, -0.2) is 13.6 Å². The highest BCUT2D eigenvalue weighted by molar-refractivity contribution is 5.97. The number of carbonyl (C=O) groups excluding carboxylic acids is 2. The average molecular weight is 373 g/mol. The number of ether oxygens (including phenoxy) is 1. The van der Waals surface area contributed by atoms with Crippen molar-refractivity contribution in [2.75, 3.05) is 5.32 Å². The van der Waals surface area contributed by atoms with Gasteiger partial charge < -0.3 is 10.1 Å². The molecule has 26 heavy (non-hydrogen) atoms. The van der Waals surface area contributed by atoms with Crippen LogP contribution in [0.1, 0.15) is 22.8 Å². The average Bonchev–Trinajstić information content (AvgIpc) is 2.56. The van der Waals surface area contributed by atoms with E-state index in [2.05, 4.69) is 0 Å². The Morgan fingerprint density at radius 3 is 2.31 bits per heavy atom. The molecular weight excluding hydrogens is 361 g/mol. The third-order valence-corrected chi connectivity index (χ3v) is 3.30. The van der Waals surface area contributed by atoms with Crippen LogP contribution in [0.4, 0.5) is 27.6 Å². The SMILES string of the molecule is CC(OC(=O)c1ccc(F)c(F)c1)C(=O)Nc1ccccc1C(F)(F)F. The summed E-state index contributed by atoms with van der Waals surface area (Å²) in [5.41, 5.74) is -1.91. The van der Waals surface area contributed by atoms with Crippen LogP contribution in [-0.2, 0) is 15.7 Å². The van der Waals surface area contributed by atoms with E-state index in [1.807, 2.05) is 5.32 Å². The predicted molar refractivity (Wildman–Crippen MR) is 81.3 cm³/mol. The molecule has 4 nitrogen and oxygen atoms in total. The van der Waals surface area contributed by atoms with Crippen molar-refractivity contribution in [3.05, 3.63) is 65.2 Å². The summed E-state index contributed by atoms with van der Waals surface area (Å²) in [6.45, 7) is 1.13. The van der Waals surface area contributed by atoms with E-state index in [0.717, 1.165) is 31.2 Å². The number of hydrogen-bond acceptors (Lipinski definition) is 3. The first-order chi connectivity index (χ1) is 12.1. The number of benzene rings is 2. The number of esters is 1. The molecule has 0 aliphatic heterocycles. The first-order valence-electron chi connectivity index (χ1n) is 7.22. The maximum absolute atomic E-state index is 13.1. The normalized spacial score (nSPS) is 12.4. The van der Waals surface area contributed by atoms with Gasteiger partial charge in [-0.2, -0.15) is 13.2 Å². The Morgan fingerprint density at radius 1 is 1.04 bits per heavy atom. The summed E-state index contributed by atoms with van der Waals surface area (Å²) in [5, 5.41) is 2.02. The molecule has 1 N–H and O–H groups in total. The second-order valence-electron chi connectivity index (χ2n) is 5.21. The lowest BCUT2D eigenvalue weighted by Crippen LogP contribution is -2.30.